The third-order valence-electron chi connectivity index (χ3n) is 3.24. The molecular formula is C16H27BrN2O. The summed E-state index contributed by atoms with van der Waals surface area (Å²) in [4.78, 5) is 2.28. The van der Waals surface area contributed by atoms with Crippen LogP contribution in [0.5, 0.6) is 0 Å². The van der Waals surface area contributed by atoms with Gasteiger partial charge in [-0.2, -0.15) is 0 Å². The Morgan fingerprint density at radius 1 is 1.35 bits per heavy atom. The third-order valence-corrected chi connectivity index (χ3v) is 3.98. The van der Waals surface area contributed by atoms with E-state index in [4.69, 9.17) is 5.11 Å². The van der Waals surface area contributed by atoms with Gasteiger partial charge in [0.05, 0.1) is 0 Å². The molecule has 0 aliphatic carbocycles. The van der Waals surface area contributed by atoms with E-state index in [1.54, 1.807) is 0 Å². The quantitative estimate of drug-likeness (QED) is 0.721. The first-order chi connectivity index (χ1) is 9.58. The van der Waals surface area contributed by atoms with Crippen molar-refractivity contribution >= 4 is 21.6 Å². The molecule has 0 bridgehead atoms. The molecule has 0 saturated heterocycles. The van der Waals surface area contributed by atoms with Crippen molar-refractivity contribution in [2.24, 2.45) is 5.92 Å². The van der Waals surface area contributed by atoms with E-state index < -0.39 is 0 Å². The SMILES string of the molecule is CCN(CCCO)c1ccc(CNCC(C)C)c(Br)c1. The Hall–Kier alpha value is -0.580. The predicted molar refractivity (Wildman–Crippen MR) is 90.3 cm³/mol. The summed E-state index contributed by atoms with van der Waals surface area (Å²) in [5.41, 5.74) is 2.49. The zero-order chi connectivity index (χ0) is 15.0. The van der Waals surface area contributed by atoms with Crippen molar-refractivity contribution in [3.05, 3.63) is 28.2 Å². The normalized spacial score (nSPS) is 11.1. The molecular weight excluding hydrogens is 316 g/mol. The van der Waals surface area contributed by atoms with Gasteiger partial charge in [-0.1, -0.05) is 35.8 Å². The Balaban J connectivity index is 2.65. The summed E-state index contributed by atoms with van der Waals surface area (Å²) >= 11 is 3.66. The lowest BCUT2D eigenvalue weighted by molar-refractivity contribution is 0.289. The van der Waals surface area contributed by atoms with E-state index in [1.165, 1.54) is 11.3 Å². The number of benzene rings is 1. The molecule has 4 heteroatoms. The molecule has 1 rings (SSSR count). The van der Waals surface area contributed by atoms with Crippen LogP contribution in [0.2, 0.25) is 0 Å². The lowest BCUT2D eigenvalue weighted by Crippen LogP contribution is -2.24. The van der Waals surface area contributed by atoms with Crippen molar-refractivity contribution < 1.29 is 5.11 Å². The standard InChI is InChI=1S/C16H27BrN2O/c1-4-19(8-5-9-20)15-7-6-14(16(17)10-15)12-18-11-13(2)3/h6-7,10,13,18,20H,4-5,8-9,11-12H2,1-3H3. The molecule has 1 aromatic carbocycles. The molecule has 1 aromatic rings. The van der Waals surface area contributed by atoms with Gasteiger partial charge in [-0.3, -0.25) is 0 Å². The molecule has 0 heterocycles. The highest BCUT2D eigenvalue weighted by Crippen LogP contribution is 2.24. The number of aliphatic hydroxyl groups is 1. The number of nitrogens with zero attached hydrogens (tertiary/aromatic N) is 1. The van der Waals surface area contributed by atoms with Crippen molar-refractivity contribution in [2.45, 2.75) is 33.7 Å². The van der Waals surface area contributed by atoms with Gasteiger partial charge in [0.2, 0.25) is 0 Å². The lowest BCUT2D eigenvalue weighted by Gasteiger charge is -2.23. The largest absolute Gasteiger partial charge is 0.396 e. The maximum atomic E-state index is 8.95. The van der Waals surface area contributed by atoms with E-state index in [9.17, 15) is 0 Å². The van der Waals surface area contributed by atoms with Gasteiger partial charge in [0.15, 0.2) is 0 Å². The number of nitrogens with one attached hydrogen (secondary N) is 1. The number of aliphatic hydroxyl groups excluding tert-OH is 1. The van der Waals surface area contributed by atoms with Gasteiger partial charge < -0.3 is 15.3 Å². The Labute approximate surface area is 131 Å². The summed E-state index contributed by atoms with van der Waals surface area (Å²) in [6.45, 7) is 10.6. The Bertz CT molecular complexity index is 396. The summed E-state index contributed by atoms with van der Waals surface area (Å²) in [5, 5.41) is 12.4. The first-order valence-corrected chi connectivity index (χ1v) is 8.22. The van der Waals surface area contributed by atoms with E-state index in [2.05, 4.69) is 65.1 Å². The molecule has 0 amide bonds. The molecule has 0 atom stereocenters. The zero-order valence-electron chi connectivity index (χ0n) is 12.8. The molecule has 3 nitrogen and oxygen atoms in total. The molecule has 0 radical (unpaired) electrons. The molecule has 20 heavy (non-hydrogen) atoms. The highest BCUT2D eigenvalue weighted by Gasteiger charge is 2.07. The Morgan fingerprint density at radius 3 is 2.65 bits per heavy atom. The maximum Gasteiger partial charge on any atom is 0.0447 e. The van der Waals surface area contributed by atoms with Crippen molar-refractivity contribution in [1.29, 1.82) is 0 Å². The fraction of sp³-hybridized carbons (Fsp3) is 0.625. The molecule has 0 spiro atoms. The van der Waals surface area contributed by atoms with Gasteiger partial charge in [0.25, 0.3) is 0 Å². The van der Waals surface area contributed by atoms with Gasteiger partial charge in [-0.25, -0.2) is 0 Å². The number of halogens is 1. The monoisotopic (exact) mass is 342 g/mol. The first kappa shape index (κ1) is 17.5. The average Bonchev–Trinajstić information content (AvgIpc) is 2.41. The van der Waals surface area contributed by atoms with Crippen LogP contribution in [0.4, 0.5) is 5.69 Å². The maximum absolute atomic E-state index is 8.95. The van der Waals surface area contributed by atoms with Gasteiger partial charge in [0, 0.05) is 36.4 Å². The summed E-state index contributed by atoms with van der Waals surface area (Å²) < 4.78 is 1.15. The average molecular weight is 343 g/mol. The molecule has 0 aliphatic heterocycles. The van der Waals surface area contributed by atoms with Crippen LogP contribution in [0.25, 0.3) is 0 Å². The Kier molecular flexibility index (Phi) is 8.19. The van der Waals surface area contributed by atoms with Gasteiger partial charge in [-0.05, 0) is 43.5 Å². The second-order valence-electron chi connectivity index (χ2n) is 5.46. The topological polar surface area (TPSA) is 35.5 Å². The lowest BCUT2D eigenvalue weighted by atomic mass is 10.1. The highest BCUT2D eigenvalue weighted by atomic mass is 79.9. The van der Waals surface area contributed by atoms with Crippen molar-refractivity contribution in [2.75, 3.05) is 31.1 Å². The molecule has 0 unspecified atom stereocenters. The number of rotatable bonds is 9. The van der Waals surface area contributed by atoms with Crippen LogP contribution < -0.4 is 10.2 Å². The van der Waals surface area contributed by atoms with Crippen LogP contribution in [0.15, 0.2) is 22.7 Å². The van der Waals surface area contributed by atoms with E-state index in [-0.39, 0.29) is 6.61 Å². The molecule has 114 valence electrons. The first-order valence-electron chi connectivity index (χ1n) is 7.43. The molecule has 0 aromatic heterocycles. The summed E-state index contributed by atoms with van der Waals surface area (Å²) in [5.74, 6) is 0.669. The third kappa shape index (κ3) is 5.81. The second kappa shape index (κ2) is 9.37. The van der Waals surface area contributed by atoms with E-state index in [0.717, 1.165) is 37.1 Å². The van der Waals surface area contributed by atoms with E-state index in [1.807, 2.05) is 0 Å². The van der Waals surface area contributed by atoms with Gasteiger partial charge in [0.1, 0.15) is 0 Å². The van der Waals surface area contributed by atoms with Crippen LogP contribution in [-0.4, -0.2) is 31.3 Å². The minimum atomic E-state index is 0.245. The summed E-state index contributed by atoms with van der Waals surface area (Å²) in [7, 11) is 0. The molecule has 0 saturated carbocycles. The second-order valence-corrected chi connectivity index (χ2v) is 6.31. The zero-order valence-corrected chi connectivity index (χ0v) is 14.4. The summed E-state index contributed by atoms with van der Waals surface area (Å²) in [6.07, 6.45) is 0.809. The predicted octanol–water partition coefficient (Wildman–Crippen LogP) is 3.40. The minimum absolute atomic E-state index is 0.245. The van der Waals surface area contributed by atoms with Crippen LogP contribution in [0.3, 0.4) is 0 Å². The van der Waals surface area contributed by atoms with Crippen LogP contribution in [0, 0.1) is 5.92 Å². The Morgan fingerprint density at radius 2 is 2.10 bits per heavy atom. The van der Waals surface area contributed by atoms with E-state index in [0.29, 0.717) is 5.92 Å². The molecule has 0 fully saturated rings. The number of anilines is 1. The number of hydrogen-bond donors (Lipinski definition) is 2. The fourth-order valence-corrected chi connectivity index (χ4v) is 2.61. The molecule has 2 N–H and O–H groups in total. The van der Waals surface area contributed by atoms with Crippen LogP contribution in [-0.2, 0) is 6.54 Å². The van der Waals surface area contributed by atoms with Crippen molar-refractivity contribution in [3.63, 3.8) is 0 Å². The van der Waals surface area contributed by atoms with Gasteiger partial charge in [-0.15, -0.1) is 0 Å². The smallest absolute Gasteiger partial charge is 0.0447 e. The highest BCUT2D eigenvalue weighted by molar-refractivity contribution is 9.10. The number of hydrogen-bond acceptors (Lipinski definition) is 3. The van der Waals surface area contributed by atoms with Gasteiger partial charge >= 0.3 is 0 Å². The minimum Gasteiger partial charge on any atom is -0.396 e. The van der Waals surface area contributed by atoms with Crippen molar-refractivity contribution in [3.8, 4) is 0 Å². The van der Waals surface area contributed by atoms with Crippen LogP contribution in [0.1, 0.15) is 32.8 Å². The van der Waals surface area contributed by atoms with E-state index >= 15 is 0 Å². The summed E-state index contributed by atoms with van der Waals surface area (Å²) in [6, 6.07) is 6.51. The van der Waals surface area contributed by atoms with Crippen LogP contribution >= 0.6 is 15.9 Å². The fourth-order valence-electron chi connectivity index (χ4n) is 2.10. The van der Waals surface area contributed by atoms with Crippen molar-refractivity contribution in [1.82, 2.24) is 5.32 Å². The molecule has 0 aliphatic rings.